The summed E-state index contributed by atoms with van der Waals surface area (Å²) < 4.78 is 9.60. The highest BCUT2D eigenvalue weighted by atomic mass is 127. The zero-order chi connectivity index (χ0) is 6.53. The summed E-state index contributed by atoms with van der Waals surface area (Å²) in [6.45, 7) is 1.59. The van der Waals surface area contributed by atoms with Gasteiger partial charge in [-0.25, -0.2) is 4.89 Å². The molecule has 0 spiro atoms. The predicted octanol–water partition coefficient (Wildman–Crippen LogP) is 1.46. The highest BCUT2D eigenvalue weighted by molar-refractivity contribution is 14.1. The van der Waals surface area contributed by atoms with Gasteiger partial charge >= 0.3 is 0 Å². The summed E-state index contributed by atoms with van der Waals surface area (Å²) in [6, 6.07) is 0. The molecule has 1 aliphatic heterocycles. The molecule has 1 rings (SSSR count). The number of halogens is 1. The SMILES string of the molecule is IOOC1CCOCC1. The molecule has 4 heteroatoms. The molecule has 9 heavy (non-hydrogen) atoms. The summed E-state index contributed by atoms with van der Waals surface area (Å²) in [5, 5.41) is 0. The molecule has 0 radical (unpaired) electrons. The molecule has 0 amide bonds. The molecule has 0 aromatic rings. The Morgan fingerprint density at radius 2 is 2.00 bits per heavy atom. The molecule has 54 valence electrons. The number of ether oxygens (including phenoxy) is 1. The first kappa shape index (κ1) is 7.71. The lowest BCUT2D eigenvalue weighted by Gasteiger charge is -2.19. The van der Waals surface area contributed by atoms with E-state index in [0.717, 1.165) is 26.1 Å². The fraction of sp³-hybridized carbons (Fsp3) is 1.00. The van der Waals surface area contributed by atoms with E-state index in [4.69, 9.17) is 9.62 Å². The molecule has 0 saturated carbocycles. The first-order valence-electron chi connectivity index (χ1n) is 2.95. The van der Waals surface area contributed by atoms with Crippen LogP contribution in [0, 0.1) is 0 Å². The highest BCUT2D eigenvalue weighted by Gasteiger charge is 2.14. The highest BCUT2D eigenvalue weighted by Crippen LogP contribution is 2.11. The van der Waals surface area contributed by atoms with Crippen LogP contribution in [-0.4, -0.2) is 19.3 Å². The van der Waals surface area contributed by atoms with Crippen LogP contribution in [0.3, 0.4) is 0 Å². The molecular formula is C5H9IO3. The third-order valence-corrected chi connectivity index (χ3v) is 1.55. The lowest BCUT2D eigenvalue weighted by molar-refractivity contribution is -0.226. The van der Waals surface area contributed by atoms with Gasteiger partial charge in [-0.15, -0.1) is 0 Å². The minimum atomic E-state index is 0.246. The third kappa shape index (κ3) is 2.79. The Kier molecular flexibility index (Phi) is 3.80. The van der Waals surface area contributed by atoms with Gasteiger partial charge in [-0.3, -0.25) is 0 Å². The van der Waals surface area contributed by atoms with E-state index in [2.05, 4.69) is 3.22 Å². The third-order valence-electron chi connectivity index (χ3n) is 1.34. The van der Waals surface area contributed by atoms with Crippen molar-refractivity contribution in [2.45, 2.75) is 18.9 Å². The predicted molar refractivity (Wildman–Crippen MR) is 40.0 cm³/mol. The second kappa shape index (κ2) is 4.43. The van der Waals surface area contributed by atoms with Gasteiger partial charge in [0.1, 0.15) is 0 Å². The Labute approximate surface area is 68.3 Å². The zero-order valence-corrected chi connectivity index (χ0v) is 7.17. The molecule has 0 atom stereocenters. The second-order valence-electron chi connectivity index (χ2n) is 1.97. The van der Waals surface area contributed by atoms with Crippen LogP contribution in [-0.2, 0) is 12.8 Å². The van der Waals surface area contributed by atoms with Crippen molar-refractivity contribution in [2.75, 3.05) is 13.2 Å². The molecule has 0 N–H and O–H groups in total. The Bertz CT molecular complexity index is 69.8. The van der Waals surface area contributed by atoms with Crippen LogP contribution in [0.5, 0.6) is 0 Å². The van der Waals surface area contributed by atoms with Crippen molar-refractivity contribution in [3.05, 3.63) is 0 Å². The summed E-state index contributed by atoms with van der Waals surface area (Å²) in [6.07, 6.45) is 2.14. The number of hydrogen-bond donors (Lipinski definition) is 0. The van der Waals surface area contributed by atoms with E-state index in [0.29, 0.717) is 0 Å². The maximum Gasteiger partial charge on any atom is 0.155 e. The Hall–Kier alpha value is 0.610. The van der Waals surface area contributed by atoms with Crippen molar-refractivity contribution in [1.29, 1.82) is 0 Å². The van der Waals surface area contributed by atoms with Gasteiger partial charge in [-0.1, -0.05) is 0 Å². The van der Waals surface area contributed by atoms with Gasteiger partial charge in [0.25, 0.3) is 0 Å². The quantitative estimate of drug-likeness (QED) is 0.418. The Balaban J connectivity index is 2.08. The van der Waals surface area contributed by atoms with Crippen LogP contribution in [0.15, 0.2) is 0 Å². The minimum Gasteiger partial charge on any atom is -0.381 e. The topological polar surface area (TPSA) is 27.7 Å². The van der Waals surface area contributed by atoms with E-state index in [-0.39, 0.29) is 6.10 Å². The van der Waals surface area contributed by atoms with E-state index in [1.54, 1.807) is 23.0 Å². The summed E-state index contributed by atoms with van der Waals surface area (Å²) in [7, 11) is 0. The van der Waals surface area contributed by atoms with Crippen molar-refractivity contribution in [2.24, 2.45) is 0 Å². The summed E-state index contributed by atoms with van der Waals surface area (Å²) in [5.74, 6) is 0. The number of hydrogen-bond acceptors (Lipinski definition) is 3. The average molecular weight is 244 g/mol. The molecule has 0 bridgehead atoms. The Morgan fingerprint density at radius 1 is 1.33 bits per heavy atom. The van der Waals surface area contributed by atoms with Gasteiger partial charge in [0.2, 0.25) is 0 Å². The molecule has 0 aromatic carbocycles. The molecule has 0 aromatic heterocycles. The maximum absolute atomic E-state index is 5.11. The summed E-state index contributed by atoms with van der Waals surface area (Å²) in [4.78, 5) is 4.89. The van der Waals surface area contributed by atoms with Gasteiger partial charge < -0.3 is 4.74 Å². The summed E-state index contributed by atoms with van der Waals surface area (Å²) >= 11 is 1.73. The van der Waals surface area contributed by atoms with Crippen LogP contribution in [0.4, 0.5) is 0 Å². The fourth-order valence-electron chi connectivity index (χ4n) is 0.824. The van der Waals surface area contributed by atoms with Crippen LogP contribution in [0.1, 0.15) is 12.8 Å². The van der Waals surface area contributed by atoms with E-state index >= 15 is 0 Å². The fourth-order valence-corrected chi connectivity index (χ4v) is 1.12. The van der Waals surface area contributed by atoms with Crippen LogP contribution in [0.25, 0.3) is 0 Å². The van der Waals surface area contributed by atoms with E-state index in [1.807, 2.05) is 0 Å². The lowest BCUT2D eigenvalue weighted by Crippen LogP contribution is -2.22. The van der Waals surface area contributed by atoms with Gasteiger partial charge in [0.05, 0.1) is 6.10 Å². The van der Waals surface area contributed by atoms with E-state index < -0.39 is 0 Å². The monoisotopic (exact) mass is 244 g/mol. The van der Waals surface area contributed by atoms with Gasteiger partial charge in [-0.2, -0.15) is 3.22 Å². The van der Waals surface area contributed by atoms with Crippen molar-refractivity contribution < 1.29 is 12.8 Å². The average Bonchev–Trinajstić information content (AvgIpc) is 1.91. The maximum atomic E-state index is 5.11. The summed E-state index contributed by atoms with van der Waals surface area (Å²) in [5.41, 5.74) is 0. The van der Waals surface area contributed by atoms with Crippen LogP contribution >= 0.6 is 23.0 Å². The van der Waals surface area contributed by atoms with Crippen molar-refractivity contribution in [3.63, 3.8) is 0 Å². The molecule has 1 saturated heterocycles. The van der Waals surface area contributed by atoms with Crippen molar-refractivity contribution >= 4 is 23.0 Å². The molecular weight excluding hydrogens is 235 g/mol. The standard InChI is InChI=1S/C5H9IO3/c6-9-8-5-1-3-7-4-2-5/h5H,1-4H2. The molecule has 1 heterocycles. The van der Waals surface area contributed by atoms with E-state index in [1.165, 1.54) is 0 Å². The first-order valence-corrected chi connectivity index (χ1v) is 3.83. The van der Waals surface area contributed by atoms with E-state index in [9.17, 15) is 0 Å². The van der Waals surface area contributed by atoms with Crippen molar-refractivity contribution in [1.82, 2.24) is 0 Å². The van der Waals surface area contributed by atoms with Gasteiger partial charge in [0, 0.05) is 26.1 Å². The normalized spacial score (nSPS) is 22.3. The molecule has 1 fully saturated rings. The minimum absolute atomic E-state index is 0.246. The van der Waals surface area contributed by atoms with Crippen LogP contribution < -0.4 is 0 Å². The van der Waals surface area contributed by atoms with Gasteiger partial charge in [0.15, 0.2) is 23.0 Å². The smallest absolute Gasteiger partial charge is 0.155 e. The van der Waals surface area contributed by atoms with Crippen LogP contribution in [0.2, 0.25) is 0 Å². The molecule has 0 aliphatic carbocycles. The molecule has 0 unspecified atom stereocenters. The first-order chi connectivity index (χ1) is 4.43. The van der Waals surface area contributed by atoms with Gasteiger partial charge in [-0.05, 0) is 0 Å². The molecule has 1 aliphatic rings. The lowest BCUT2D eigenvalue weighted by atomic mass is 10.2. The second-order valence-corrected chi connectivity index (χ2v) is 2.33. The number of rotatable bonds is 2. The Morgan fingerprint density at radius 3 is 2.56 bits per heavy atom. The molecule has 3 nitrogen and oxygen atoms in total. The van der Waals surface area contributed by atoms with Crippen molar-refractivity contribution in [3.8, 4) is 0 Å². The zero-order valence-electron chi connectivity index (χ0n) is 5.01. The largest absolute Gasteiger partial charge is 0.381 e.